The average Bonchev–Trinajstić information content (AvgIpc) is 2.61. The monoisotopic (exact) mass is 281 g/mol. The Morgan fingerprint density at radius 2 is 1.89 bits per heavy atom. The third-order valence-corrected chi connectivity index (χ3v) is 4.35. The number of hydrogen-bond acceptors (Lipinski definition) is 4. The van der Waals surface area contributed by atoms with Gasteiger partial charge in [-0.05, 0) is 46.7 Å². The van der Waals surface area contributed by atoms with E-state index in [-0.39, 0.29) is 5.54 Å². The summed E-state index contributed by atoms with van der Waals surface area (Å²) in [7, 11) is 0. The first kappa shape index (κ1) is 14.9. The summed E-state index contributed by atoms with van der Waals surface area (Å²) in [5.41, 5.74) is 1.41. The van der Waals surface area contributed by atoms with Gasteiger partial charge in [0.25, 0.3) is 0 Å². The van der Waals surface area contributed by atoms with Crippen LogP contribution in [0.15, 0.2) is 5.38 Å². The lowest BCUT2D eigenvalue weighted by Crippen LogP contribution is -2.35. The van der Waals surface area contributed by atoms with Gasteiger partial charge in [-0.15, -0.1) is 11.3 Å². The fourth-order valence-electron chi connectivity index (χ4n) is 2.37. The number of nitrogens with zero attached hydrogens (tertiary/aromatic N) is 2. The molecule has 0 radical (unpaired) electrons. The highest BCUT2D eigenvalue weighted by molar-refractivity contribution is 7.09. The van der Waals surface area contributed by atoms with Crippen LogP contribution in [-0.2, 0) is 13.1 Å². The molecule has 1 saturated heterocycles. The summed E-state index contributed by atoms with van der Waals surface area (Å²) >= 11 is 1.78. The highest BCUT2D eigenvalue weighted by Crippen LogP contribution is 2.16. The van der Waals surface area contributed by atoms with E-state index in [0.717, 1.165) is 13.1 Å². The van der Waals surface area contributed by atoms with Crippen LogP contribution in [0, 0.1) is 0 Å². The second-order valence-electron chi connectivity index (χ2n) is 6.53. The normalized spacial score (nSPS) is 18.5. The van der Waals surface area contributed by atoms with Gasteiger partial charge in [0.15, 0.2) is 0 Å². The third-order valence-electron chi connectivity index (χ3n) is 3.45. The number of hydrogen-bond donors (Lipinski definition) is 1. The molecule has 0 amide bonds. The van der Waals surface area contributed by atoms with Crippen molar-refractivity contribution in [3.63, 3.8) is 0 Å². The molecule has 1 aliphatic heterocycles. The first-order valence-electron chi connectivity index (χ1n) is 7.44. The highest BCUT2D eigenvalue weighted by Gasteiger charge is 2.13. The van der Waals surface area contributed by atoms with Crippen molar-refractivity contribution < 1.29 is 0 Å². The van der Waals surface area contributed by atoms with Crippen LogP contribution in [0.2, 0.25) is 0 Å². The van der Waals surface area contributed by atoms with E-state index in [1.807, 2.05) is 0 Å². The molecule has 0 aromatic carbocycles. The maximum Gasteiger partial charge on any atom is 0.107 e. The number of rotatable bonds is 4. The van der Waals surface area contributed by atoms with Crippen LogP contribution >= 0.6 is 11.3 Å². The third kappa shape index (κ3) is 5.59. The second kappa shape index (κ2) is 6.82. The quantitative estimate of drug-likeness (QED) is 0.916. The molecular weight excluding hydrogens is 254 g/mol. The molecule has 1 N–H and O–H groups in total. The smallest absolute Gasteiger partial charge is 0.107 e. The molecule has 19 heavy (non-hydrogen) atoms. The second-order valence-corrected chi connectivity index (χ2v) is 7.47. The zero-order valence-corrected chi connectivity index (χ0v) is 13.4. The van der Waals surface area contributed by atoms with Crippen molar-refractivity contribution in [2.24, 2.45) is 0 Å². The summed E-state index contributed by atoms with van der Waals surface area (Å²) in [6.45, 7) is 11.0. The zero-order valence-electron chi connectivity index (χ0n) is 12.5. The molecule has 0 spiro atoms. The van der Waals surface area contributed by atoms with Crippen LogP contribution in [0.1, 0.15) is 57.2 Å². The van der Waals surface area contributed by atoms with Crippen molar-refractivity contribution in [1.29, 1.82) is 0 Å². The van der Waals surface area contributed by atoms with E-state index in [1.165, 1.54) is 49.5 Å². The molecule has 0 unspecified atom stereocenters. The van der Waals surface area contributed by atoms with E-state index in [1.54, 1.807) is 11.3 Å². The lowest BCUT2D eigenvalue weighted by molar-refractivity contribution is 0.274. The first-order valence-corrected chi connectivity index (χ1v) is 8.31. The van der Waals surface area contributed by atoms with E-state index < -0.39 is 0 Å². The summed E-state index contributed by atoms with van der Waals surface area (Å²) in [5, 5.41) is 6.93. The molecule has 0 aliphatic carbocycles. The number of likely N-dealkylation sites (tertiary alicyclic amines) is 1. The summed E-state index contributed by atoms with van der Waals surface area (Å²) in [6.07, 6.45) is 5.49. The molecule has 1 aliphatic rings. The van der Waals surface area contributed by atoms with E-state index in [4.69, 9.17) is 4.98 Å². The molecule has 108 valence electrons. The van der Waals surface area contributed by atoms with Gasteiger partial charge in [0.2, 0.25) is 0 Å². The highest BCUT2D eigenvalue weighted by atomic mass is 32.1. The van der Waals surface area contributed by atoms with Gasteiger partial charge in [-0.1, -0.05) is 12.8 Å². The summed E-state index contributed by atoms with van der Waals surface area (Å²) < 4.78 is 0. The average molecular weight is 281 g/mol. The Morgan fingerprint density at radius 1 is 1.21 bits per heavy atom. The molecule has 3 nitrogen and oxygen atoms in total. The Hall–Kier alpha value is -0.450. The topological polar surface area (TPSA) is 28.2 Å². The van der Waals surface area contributed by atoms with Crippen molar-refractivity contribution in [2.75, 3.05) is 13.1 Å². The van der Waals surface area contributed by atoms with Gasteiger partial charge < -0.3 is 5.32 Å². The van der Waals surface area contributed by atoms with Gasteiger partial charge in [0, 0.05) is 24.0 Å². The summed E-state index contributed by atoms with van der Waals surface area (Å²) in [4.78, 5) is 7.31. The van der Waals surface area contributed by atoms with Crippen molar-refractivity contribution >= 4 is 11.3 Å². The van der Waals surface area contributed by atoms with Gasteiger partial charge in [-0.3, -0.25) is 4.90 Å². The Labute approximate surface area is 121 Å². The molecule has 0 saturated carbocycles. The Kier molecular flexibility index (Phi) is 5.37. The van der Waals surface area contributed by atoms with Crippen LogP contribution in [0.3, 0.4) is 0 Å². The van der Waals surface area contributed by atoms with Crippen molar-refractivity contribution in [3.8, 4) is 0 Å². The molecule has 1 fully saturated rings. The summed E-state index contributed by atoms with van der Waals surface area (Å²) in [5.74, 6) is 0. The fourth-order valence-corrected chi connectivity index (χ4v) is 3.09. The molecule has 0 bridgehead atoms. The molecule has 4 heteroatoms. The van der Waals surface area contributed by atoms with Gasteiger partial charge in [-0.2, -0.15) is 0 Å². The van der Waals surface area contributed by atoms with E-state index in [2.05, 4.69) is 36.4 Å². The van der Waals surface area contributed by atoms with Crippen LogP contribution in [0.4, 0.5) is 0 Å². The zero-order chi connectivity index (χ0) is 13.7. The van der Waals surface area contributed by atoms with Crippen LogP contribution < -0.4 is 5.32 Å². The standard InChI is InChI=1S/C15H27N3S/c1-15(2,3)16-10-14-17-13(12-19-14)11-18-8-6-4-5-7-9-18/h12,16H,4-11H2,1-3H3. The molecule has 1 aromatic heterocycles. The van der Waals surface area contributed by atoms with E-state index >= 15 is 0 Å². The maximum absolute atomic E-state index is 4.75. The fraction of sp³-hybridized carbons (Fsp3) is 0.800. The first-order chi connectivity index (χ1) is 9.03. The Bertz CT molecular complexity index is 373. The lowest BCUT2D eigenvalue weighted by Gasteiger charge is -2.19. The van der Waals surface area contributed by atoms with Crippen molar-refractivity contribution in [2.45, 2.75) is 65.1 Å². The largest absolute Gasteiger partial charge is 0.306 e. The van der Waals surface area contributed by atoms with Gasteiger partial charge >= 0.3 is 0 Å². The predicted octanol–water partition coefficient (Wildman–Crippen LogP) is 3.41. The Morgan fingerprint density at radius 3 is 2.53 bits per heavy atom. The Balaban J connectivity index is 1.82. The number of nitrogens with one attached hydrogen (secondary N) is 1. The minimum atomic E-state index is 0.163. The minimum absolute atomic E-state index is 0.163. The van der Waals surface area contributed by atoms with Gasteiger partial charge in [-0.25, -0.2) is 4.98 Å². The van der Waals surface area contributed by atoms with Crippen LogP contribution in [0.5, 0.6) is 0 Å². The minimum Gasteiger partial charge on any atom is -0.306 e. The molecule has 0 atom stereocenters. The van der Waals surface area contributed by atoms with E-state index in [0.29, 0.717) is 0 Å². The van der Waals surface area contributed by atoms with Gasteiger partial charge in [0.1, 0.15) is 5.01 Å². The number of thiazole rings is 1. The van der Waals surface area contributed by atoms with Crippen molar-refractivity contribution in [3.05, 3.63) is 16.1 Å². The molecule has 2 heterocycles. The predicted molar refractivity (Wildman–Crippen MR) is 82.5 cm³/mol. The van der Waals surface area contributed by atoms with Gasteiger partial charge in [0.05, 0.1) is 5.69 Å². The molecule has 1 aromatic rings. The molecule has 2 rings (SSSR count). The molecular formula is C15H27N3S. The summed E-state index contributed by atoms with van der Waals surface area (Å²) in [6, 6.07) is 0. The van der Waals surface area contributed by atoms with Crippen LogP contribution in [-0.4, -0.2) is 28.5 Å². The SMILES string of the molecule is CC(C)(C)NCc1nc(CN2CCCCCC2)cs1. The lowest BCUT2D eigenvalue weighted by atomic mass is 10.1. The van der Waals surface area contributed by atoms with Crippen LogP contribution in [0.25, 0.3) is 0 Å². The number of aromatic nitrogens is 1. The maximum atomic E-state index is 4.75. The van der Waals surface area contributed by atoms with Crippen molar-refractivity contribution in [1.82, 2.24) is 15.2 Å². The van der Waals surface area contributed by atoms with E-state index in [9.17, 15) is 0 Å².